The molecule has 0 bridgehead atoms. The lowest BCUT2D eigenvalue weighted by molar-refractivity contribution is 0.0547. The van der Waals surface area contributed by atoms with Gasteiger partial charge >= 0.3 is 0 Å². The topological polar surface area (TPSA) is 29.5 Å². The van der Waals surface area contributed by atoms with Gasteiger partial charge in [-0.25, -0.2) is 4.39 Å². The molecule has 0 spiro atoms. The summed E-state index contributed by atoms with van der Waals surface area (Å²) in [7, 11) is 0. The normalized spacial score (nSPS) is 11.5. The number of benzene rings is 1. The van der Waals surface area contributed by atoms with Crippen LogP contribution in [0.5, 0.6) is 5.75 Å². The van der Waals surface area contributed by atoms with Gasteiger partial charge in [0, 0.05) is 6.42 Å². The van der Waals surface area contributed by atoms with Crippen LogP contribution in [-0.2, 0) is 0 Å². The molecule has 0 saturated heterocycles. The molecule has 0 aliphatic heterocycles. The van der Waals surface area contributed by atoms with Crippen molar-refractivity contribution in [1.29, 1.82) is 0 Å². The summed E-state index contributed by atoms with van der Waals surface area (Å²) in [5, 5.41) is 9.44. The van der Waals surface area contributed by atoms with E-state index in [1.807, 2.05) is 0 Å². The van der Waals surface area contributed by atoms with Gasteiger partial charge in [0.15, 0.2) is 11.6 Å². The Labute approximate surface area is 89.7 Å². The summed E-state index contributed by atoms with van der Waals surface area (Å²) < 4.78 is 18.6. The molecule has 1 rings (SSSR count). The highest BCUT2D eigenvalue weighted by Gasteiger charge is 2.13. The van der Waals surface area contributed by atoms with Crippen molar-refractivity contribution >= 4 is 0 Å². The highest BCUT2D eigenvalue weighted by molar-refractivity contribution is 5.29. The Kier molecular flexibility index (Phi) is 3.69. The summed E-state index contributed by atoms with van der Waals surface area (Å²) in [6.07, 6.45) is 0.462. The van der Waals surface area contributed by atoms with Gasteiger partial charge in [-0.1, -0.05) is 6.07 Å². The third kappa shape index (κ3) is 3.88. The molecule has 1 N–H and O–H groups in total. The van der Waals surface area contributed by atoms with E-state index in [2.05, 4.69) is 6.07 Å². The minimum Gasteiger partial charge on any atom is -0.490 e. The number of hydrogen-bond acceptors (Lipinski definition) is 2. The number of ether oxygens (including phenoxy) is 1. The van der Waals surface area contributed by atoms with Crippen molar-refractivity contribution < 1.29 is 14.2 Å². The Hall–Kier alpha value is -1.09. The van der Waals surface area contributed by atoms with Crippen molar-refractivity contribution in [2.75, 3.05) is 6.61 Å². The van der Waals surface area contributed by atoms with Crippen molar-refractivity contribution in [3.8, 4) is 5.75 Å². The number of rotatable bonds is 4. The third-order valence-electron chi connectivity index (χ3n) is 2.05. The molecule has 0 aliphatic rings. The molecule has 0 amide bonds. The molecular weight excluding hydrogens is 195 g/mol. The largest absolute Gasteiger partial charge is 0.490 e. The van der Waals surface area contributed by atoms with Gasteiger partial charge in [-0.15, -0.1) is 0 Å². The Morgan fingerprint density at radius 1 is 1.53 bits per heavy atom. The highest BCUT2D eigenvalue weighted by atomic mass is 19.1. The van der Waals surface area contributed by atoms with Crippen LogP contribution >= 0.6 is 0 Å². The van der Waals surface area contributed by atoms with E-state index in [1.54, 1.807) is 26.8 Å². The number of aryl methyl sites for hydroxylation is 1. The summed E-state index contributed by atoms with van der Waals surface area (Å²) in [6.45, 7) is 5.32. The second kappa shape index (κ2) is 4.62. The van der Waals surface area contributed by atoms with Crippen LogP contribution in [0.25, 0.3) is 0 Å². The van der Waals surface area contributed by atoms with Gasteiger partial charge in [0.2, 0.25) is 0 Å². The maximum absolute atomic E-state index is 13.4. The van der Waals surface area contributed by atoms with Crippen LogP contribution < -0.4 is 4.74 Å². The second-order valence-corrected chi connectivity index (χ2v) is 4.19. The quantitative estimate of drug-likeness (QED) is 0.829. The fourth-order valence-corrected chi connectivity index (χ4v) is 1.09. The maximum atomic E-state index is 13.4. The lowest BCUT2D eigenvalue weighted by Gasteiger charge is -2.17. The standard InChI is InChI=1S/C12H16FO2/c1-9-5-4-6-10(11(9)13)15-8-7-12(2,3)14/h4,6,14H,7-8H2,1-3H3. The van der Waals surface area contributed by atoms with Gasteiger partial charge in [0.05, 0.1) is 12.2 Å². The number of hydrogen-bond donors (Lipinski definition) is 1. The molecule has 3 heteroatoms. The molecule has 1 radical (unpaired) electrons. The van der Waals surface area contributed by atoms with E-state index in [0.29, 0.717) is 18.6 Å². The molecule has 0 heterocycles. The summed E-state index contributed by atoms with van der Waals surface area (Å²) in [4.78, 5) is 0. The van der Waals surface area contributed by atoms with Crippen LogP contribution in [0, 0.1) is 18.8 Å². The zero-order chi connectivity index (χ0) is 11.5. The van der Waals surface area contributed by atoms with E-state index in [0.717, 1.165) is 0 Å². The third-order valence-corrected chi connectivity index (χ3v) is 2.05. The molecule has 0 unspecified atom stereocenters. The molecular formula is C12H16FO2. The molecule has 1 aromatic carbocycles. The first kappa shape index (κ1) is 12.0. The average Bonchev–Trinajstić information content (AvgIpc) is 2.10. The van der Waals surface area contributed by atoms with Crippen LogP contribution in [-0.4, -0.2) is 17.3 Å². The highest BCUT2D eigenvalue weighted by Crippen LogP contribution is 2.20. The van der Waals surface area contributed by atoms with Gasteiger partial charge < -0.3 is 9.84 Å². The van der Waals surface area contributed by atoms with Gasteiger partial charge in [0.1, 0.15) is 0 Å². The molecule has 0 aromatic heterocycles. The summed E-state index contributed by atoms with van der Waals surface area (Å²) in [5.41, 5.74) is -0.345. The van der Waals surface area contributed by atoms with Crippen molar-refractivity contribution in [2.45, 2.75) is 32.8 Å². The smallest absolute Gasteiger partial charge is 0.168 e. The van der Waals surface area contributed by atoms with E-state index in [9.17, 15) is 9.50 Å². The Bertz CT molecular complexity index is 329. The molecule has 0 fully saturated rings. The van der Waals surface area contributed by atoms with E-state index in [4.69, 9.17) is 4.74 Å². The first-order valence-electron chi connectivity index (χ1n) is 4.92. The van der Waals surface area contributed by atoms with Crippen LogP contribution in [0.2, 0.25) is 0 Å². The fraction of sp³-hybridized carbons (Fsp3) is 0.500. The van der Waals surface area contributed by atoms with Crippen LogP contribution in [0.4, 0.5) is 4.39 Å². The predicted molar refractivity (Wildman–Crippen MR) is 56.4 cm³/mol. The molecule has 0 saturated carbocycles. The van der Waals surface area contributed by atoms with Crippen LogP contribution in [0.1, 0.15) is 25.8 Å². The van der Waals surface area contributed by atoms with Crippen LogP contribution in [0.3, 0.4) is 0 Å². The minimum atomic E-state index is -0.785. The lowest BCUT2D eigenvalue weighted by atomic mass is 10.1. The maximum Gasteiger partial charge on any atom is 0.168 e. The zero-order valence-electron chi connectivity index (χ0n) is 9.30. The molecule has 2 nitrogen and oxygen atoms in total. The first-order chi connectivity index (χ1) is 6.90. The van der Waals surface area contributed by atoms with E-state index < -0.39 is 5.60 Å². The van der Waals surface area contributed by atoms with Gasteiger partial charge in [-0.3, -0.25) is 0 Å². The van der Waals surface area contributed by atoms with Crippen LogP contribution in [0.15, 0.2) is 12.1 Å². The SMILES string of the molecule is Cc1[c]ccc(OCCC(C)(C)O)c1F. The number of aliphatic hydroxyl groups is 1. The van der Waals surface area contributed by atoms with Crippen molar-refractivity contribution in [1.82, 2.24) is 0 Å². The number of halogens is 1. The molecule has 15 heavy (non-hydrogen) atoms. The van der Waals surface area contributed by atoms with Crippen molar-refractivity contribution in [3.63, 3.8) is 0 Å². The molecule has 0 aliphatic carbocycles. The predicted octanol–water partition coefficient (Wildman–Crippen LogP) is 2.47. The van der Waals surface area contributed by atoms with Gasteiger partial charge in [-0.05, 0) is 38.5 Å². The Morgan fingerprint density at radius 3 is 2.80 bits per heavy atom. The lowest BCUT2D eigenvalue weighted by Crippen LogP contribution is -2.22. The fourth-order valence-electron chi connectivity index (χ4n) is 1.09. The first-order valence-corrected chi connectivity index (χ1v) is 4.92. The Morgan fingerprint density at radius 2 is 2.20 bits per heavy atom. The average molecular weight is 211 g/mol. The molecule has 83 valence electrons. The van der Waals surface area contributed by atoms with E-state index in [-0.39, 0.29) is 11.6 Å². The summed E-state index contributed by atoms with van der Waals surface area (Å²) >= 11 is 0. The minimum absolute atomic E-state index is 0.218. The summed E-state index contributed by atoms with van der Waals surface area (Å²) in [6, 6.07) is 5.90. The van der Waals surface area contributed by atoms with E-state index in [1.165, 1.54) is 6.07 Å². The molecule has 0 atom stereocenters. The van der Waals surface area contributed by atoms with E-state index >= 15 is 0 Å². The van der Waals surface area contributed by atoms with Crippen molar-refractivity contribution in [2.24, 2.45) is 0 Å². The molecule has 1 aromatic rings. The van der Waals surface area contributed by atoms with Gasteiger partial charge in [-0.2, -0.15) is 0 Å². The summed E-state index contributed by atoms with van der Waals surface area (Å²) in [5.74, 6) is -0.163. The van der Waals surface area contributed by atoms with Crippen molar-refractivity contribution in [3.05, 3.63) is 29.6 Å². The Balaban J connectivity index is 2.55. The monoisotopic (exact) mass is 211 g/mol. The van der Waals surface area contributed by atoms with Gasteiger partial charge in [0.25, 0.3) is 0 Å². The second-order valence-electron chi connectivity index (χ2n) is 4.19. The zero-order valence-corrected chi connectivity index (χ0v) is 9.30.